The molecular formula is C12H14BrN3. The van der Waals surface area contributed by atoms with E-state index in [2.05, 4.69) is 57.4 Å². The number of halogens is 1. The van der Waals surface area contributed by atoms with Crippen molar-refractivity contribution in [3.63, 3.8) is 0 Å². The molecule has 0 aliphatic carbocycles. The number of hydrogen-bond donors (Lipinski definition) is 2. The van der Waals surface area contributed by atoms with Gasteiger partial charge in [-0.25, -0.2) is 0 Å². The van der Waals surface area contributed by atoms with Gasteiger partial charge < -0.3 is 5.32 Å². The lowest BCUT2D eigenvalue weighted by molar-refractivity contribution is 0.824. The van der Waals surface area contributed by atoms with Crippen molar-refractivity contribution >= 4 is 21.6 Å². The Kier molecular flexibility index (Phi) is 3.29. The molecule has 2 aromatic rings. The van der Waals surface area contributed by atoms with Gasteiger partial charge in [0.1, 0.15) is 0 Å². The maximum Gasteiger partial charge on any atom is 0.0651 e. The highest BCUT2D eigenvalue weighted by molar-refractivity contribution is 9.10. The van der Waals surface area contributed by atoms with Gasteiger partial charge >= 0.3 is 0 Å². The van der Waals surface area contributed by atoms with Crippen LogP contribution in [-0.4, -0.2) is 10.2 Å². The van der Waals surface area contributed by atoms with Crippen LogP contribution in [0.3, 0.4) is 0 Å². The zero-order valence-electron chi connectivity index (χ0n) is 9.29. The van der Waals surface area contributed by atoms with Crippen LogP contribution in [-0.2, 0) is 0 Å². The van der Waals surface area contributed by atoms with Crippen LogP contribution in [0.2, 0.25) is 0 Å². The highest BCUT2D eigenvalue weighted by atomic mass is 79.9. The molecule has 0 bridgehead atoms. The van der Waals surface area contributed by atoms with Crippen LogP contribution in [0.5, 0.6) is 0 Å². The van der Waals surface area contributed by atoms with Crippen molar-refractivity contribution in [1.82, 2.24) is 10.2 Å². The average molecular weight is 280 g/mol. The van der Waals surface area contributed by atoms with Crippen LogP contribution in [0.4, 0.5) is 5.69 Å². The quantitative estimate of drug-likeness (QED) is 0.900. The van der Waals surface area contributed by atoms with Gasteiger partial charge in [-0.2, -0.15) is 5.10 Å². The molecule has 0 amide bonds. The Hall–Kier alpha value is -1.29. The average Bonchev–Trinajstić information content (AvgIpc) is 2.78. The van der Waals surface area contributed by atoms with Crippen LogP contribution in [0, 0.1) is 6.92 Å². The summed E-state index contributed by atoms with van der Waals surface area (Å²) in [5.41, 5.74) is 3.40. The molecular weight excluding hydrogens is 266 g/mol. The smallest absolute Gasteiger partial charge is 0.0651 e. The van der Waals surface area contributed by atoms with Crippen molar-refractivity contribution in [2.75, 3.05) is 5.32 Å². The largest absolute Gasteiger partial charge is 0.376 e. The summed E-state index contributed by atoms with van der Waals surface area (Å²) in [5.74, 6) is 0. The third-order valence-corrected chi connectivity index (χ3v) is 3.61. The Bertz CT molecular complexity index is 465. The Morgan fingerprint density at radius 1 is 1.38 bits per heavy atom. The molecule has 16 heavy (non-hydrogen) atoms. The van der Waals surface area contributed by atoms with Crippen LogP contribution >= 0.6 is 15.9 Å². The third-order valence-electron chi connectivity index (χ3n) is 2.55. The van der Waals surface area contributed by atoms with Crippen molar-refractivity contribution < 1.29 is 0 Å². The van der Waals surface area contributed by atoms with Gasteiger partial charge in [0.05, 0.1) is 11.7 Å². The van der Waals surface area contributed by atoms with Crippen molar-refractivity contribution in [1.29, 1.82) is 0 Å². The molecule has 1 aromatic heterocycles. The molecule has 1 heterocycles. The first-order valence-electron chi connectivity index (χ1n) is 5.19. The molecule has 1 atom stereocenters. The number of aromatic amines is 1. The van der Waals surface area contributed by atoms with Crippen molar-refractivity contribution in [3.8, 4) is 0 Å². The Balaban J connectivity index is 2.18. The van der Waals surface area contributed by atoms with Gasteiger partial charge in [0.2, 0.25) is 0 Å². The van der Waals surface area contributed by atoms with E-state index in [1.54, 1.807) is 6.20 Å². The first kappa shape index (κ1) is 11.2. The van der Waals surface area contributed by atoms with Gasteiger partial charge in [-0.15, -0.1) is 0 Å². The molecule has 4 heteroatoms. The van der Waals surface area contributed by atoms with Gasteiger partial charge in [-0.3, -0.25) is 5.10 Å². The topological polar surface area (TPSA) is 40.7 Å². The van der Waals surface area contributed by atoms with E-state index in [1.165, 1.54) is 5.56 Å². The third kappa shape index (κ3) is 2.27. The predicted molar refractivity (Wildman–Crippen MR) is 69.5 cm³/mol. The second kappa shape index (κ2) is 4.70. The molecule has 0 spiro atoms. The van der Waals surface area contributed by atoms with Gasteiger partial charge in [0.15, 0.2) is 0 Å². The highest BCUT2D eigenvalue weighted by Gasteiger charge is 2.08. The Morgan fingerprint density at radius 2 is 2.19 bits per heavy atom. The van der Waals surface area contributed by atoms with Gasteiger partial charge in [0, 0.05) is 16.4 Å². The molecule has 2 rings (SSSR count). The summed E-state index contributed by atoms with van der Waals surface area (Å²) in [6, 6.07) is 8.37. The number of aryl methyl sites for hydroxylation is 1. The van der Waals surface area contributed by atoms with E-state index in [4.69, 9.17) is 0 Å². The van der Waals surface area contributed by atoms with Crippen molar-refractivity contribution in [2.24, 2.45) is 0 Å². The summed E-state index contributed by atoms with van der Waals surface area (Å²) in [7, 11) is 0. The molecule has 0 radical (unpaired) electrons. The van der Waals surface area contributed by atoms with Crippen LogP contribution in [0.1, 0.15) is 24.2 Å². The molecule has 84 valence electrons. The van der Waals surface area contributed by atoms with Crippen LogP contribution in [0.25, 0.3) is 0 Å². The Labute approximate surface area is 103 Å². The SMILES string of the molecule is Cc1cccc(NC(C)c2ccn[nH]2)c1Br. The van der Waals surface area contributed by atoms with E-state index in [0.717, 1.165) is 15.9 Å². The highest BCUT2D eigenvalue weighted by Crippen LogP contribution is 2.28. The zero-order valence-corrected chi connectivity index (χ0v) is 10.9. The van der Waals surface area contributed by atoms with Gasteiger partial charge in [-0.05, 0) is 47.5 Å². The standard InChI is InChI=1S/C12H14BrN3/c1-8-4-3-5-11(12(8)13)15-9(2)10-6-7-14-16-10/h3-7,9,15H,1-2H3,(H,14,16). The number of nitrogens with zero attached hydrogens (tertiary/aromatic N) is 1. The van der Waals surface area contributed by atoms with E-state index in [9.17, 15) is 0 Å². The summed E-state index contributed by atoms with van der Waals surface area (Å²) in [4.78, 5) is 0. The summed E-state index contributed by atoms with van der Waals surface area (Å²) in [6.07, 6.45) is 1.76. The van der Waals surface area contributed by atoms with Crippen LogP contribution < -0.4 is 5.32 Å². The zero-order chi connectivity index (χ0) is 11.5. The molecule has 1 unspecified atom stereocenters. The number of H-pyrrole nitrogens is 1. The summed E-state index contributed by atoms with van der Waals surface area (Å²) in [6.45, 7) is 4.18. The van der Waals surface area contributed by atoms with Crippen molar-refractivity contribution in [3.05, 3.63) is 46.2 Å². The normalized spacial score (nSPS) is 12.4. The molecule has 3 nitrogen and oxygen atoms in total. The fraction of sp³-hybridized carbons (Fsp3) is 0.250. The molecule has 0 fully saturated rings. The minimum atomic E-state index is 0.209. The lowest BCUT2D eigenvalue weighted by Crippen LogP contribution is -2.07. The van der Waals surface area contributed by atoms with E-state index in [-0.39, 0.29) is 6.04 Å². The van der Waals surface area contributed by atoms with E-state index < -0.39 is 0 Å². The number of hydrogen-bond acceptors (Lipinski definition) is 2. The second-order valence-electron chi connectivity index (χ2n) is 3.81. The maximum atomic E-state index is 3.95. The van der Waals surface area contributed by atoms with E-state index >= 15 is 0 Å². The number of aromatic nitrogens is 2. The minimum Gasteiger partial charge on any atom is -0.376 e. The minimum absolute atomic E-state index is 0.209. The molecule has 0 aliphatic heterocycles. The lowest BCUT2D eigenvalue weighted by Gasteiger charge is -2.15. The van der Waals surface area contributed by atoms with Gasteiger partial charge in [0.25, 0.3) is 0 Å². The van der Waals surface area contributed by atoms with Crippen LogP contribution in [0.15, 0.2) is 34.9 Å². The number of anilines is 1. The monoisotopic (exact) mass is 279 g/mol. The fourth-order valence-electron chi connectivity index (χ4n) is 1.58. The summed E-state index contributed by atoms with van der Waals surface area (Å²) >= 11 is 3.58. The molecule has 0 saturated carbocycles. The van der Waals surface area contributed by atoms with E-state index in [0.29, 0.717) is 0 Å². The first-order chi connectivity index (χ1) is 7.68. The van der Waals surface area contributed by atoms with Crippen molar-refractivity contribution in [2.45, 2.75) is 19.9 Å². The maximum absolute atomic E-state index is 3.95. The molecule has 0 aliphatic rings. The fourth-order valence-corrected chi connectivity index (χ4v) is 1.96. The van der Waals surface area contributed by atoms with Gasteiger partial charge in [-0.1, -0.05) is 12.1 Å². The molecule has 1 aromatic carbocycles. The number of nitrogens with one attached hydrogen (secondary N) is 2. The lowest BCUT2D eigenvalue weighted by atomic mass is 10.2. The number of rotatable bonds is 3. The second-order valence-corrected chi connectivity index (χ2v) is 4.61. The predicted octanol–water partition coefficient (Wildman–Crippen LogP) is 3.65. The Morgan fingerprint density at radius 3 is 2.88 bits per heavy atom. The first-order valence-corrected chi connectivity index (χ1v) is 5.98. The number of benzene rings is 1. The molecule has 2 N–H and O–H groups in total. The molecule has 0 saturated heterocycles. The van der Waals surface area contributed by atoms with E-state index in [1.807, 2.05) is 12.1 Å². The summed E-state index contributed by atoms with van der Waals surface area (Å²) in [5, 5.41) is 10.3. The summed E-state index contributed by atoms with van der Waals surface area (Å²) < 4.78 is 1.11.